The molecule has 0 aliphatic rings. The maximum atomic E-state index is 9.96. The molecule has 0 heterocycles. The quantitative estimate of drug-likeness (QED) is 0.795. The maximum Gasteiger partial charge on any atom is 0.161 e. The van der Waals surface area contributed by atoms with Gasteiger partial charge in [0.1, 0.15) is 0 Å². The maximum absolute atomic E-state index is 9.96. The van der Waals surface area contributed by atoms with Crippen LogP contribution in [0, 0.1) is 0 Å². The molecule has 0 aliphatic heterocycles. The van der Waals surface area contributed by atoms with Crippen molar-refractivity contribution in [1.29, 1.82) is 0 Å². The van der Waals surface area contributed by atoms with Crippen molar-refractivity contribution >= 4 is 5.69 Å². The molecule has 3 N–H and O–H groups in total. The number of aromatic hydroxyl groups is 1. The Hall–Kier alpha value is -2.16. The van der Waals surface area contributed by atoms with Gasteiger partial charge in [-0.15, -0.1) is 0 Å². The highest BCUT2D eigenvalue weighted by molar-refractivity contribution is 5.48. The second kappa shape index (κ2) is 4.78. The summed E-state index contributed by atoms with van der Waals surface area (Å²) in [6.07, 6.45) is 0.656. The van der Waals surface area contributed by atoms with E-state index in [0.717, 1.165) is 16.8 Å². The first-order valence-corrected chi connectivity index (χ1v) is 5.40. The number of methoxy groups -OCH3 is 1. The molecule has 88 valence electrons. The Morgan fingerprint density at radius 2 is 1.82 bits per heavy atom. The minimum atomic E-state index is 0.201. The SMILES string of the molecule is COc1cccc(Cc2ccc(N)cc2)c1O. The lowest BCUT2D eigenvalue weighted by molar-refractivity contribution is 0.371. The van der Waals surface area contributed by atoms with Gasteiger partial charge in [-0.2, -0.15) is 0 Å². The summed E-state index contributed by atoms with van der Waals surface area (Å²) < 4.78 is 5.07. The van der Waals surface area contributed by atoms with Gasteiger partial charge in [0, 0.05) is 17.7 Å². The summed E-state index contributed by atoms with van der Waals surface area (Å²) in [5.74, 6) is 0.699. The van der Waals surface area contributed by atoms with E-state index >= 15 is 0 Å². The average Bonchev–Trinajstić information content (AvgIpc) is 2.35. The van der Waals surface area contributed by atoms with Gasteiger partial charge in [-0.3, -0.25) is 0 Å². The summed E-state index contributed by atoms with van der Waals surface area (Å²) in [5, 5.41) is 9.96. The summed E-state index contributed by atoms with van der Waals surface area (Å²) in [7, 11) is 1.54. The lowest BCUT2D eigenvalue weighted by atomic mass is 10.0. The van der Waals surface area contributed by atoms with Crippen LogP contribution >= 0.6 is 0 Å². The van der Waals surface area contributed by atoms with Gasteiger partial charge in [0.2, 0.25) is 0 Å². The van der Waals surface area contributed by atoms with E-state index in [-0.39, 0.29) is 5.75 Å². The molecule has 3 heteroatoms. The predicted molar refractivity (Wildman–Crippen MR) is 68.3 cm³/mol. The number of phenolic OH excluding ortho intramolecular Hbond substituents is 1. The molecule has 0 aromatic heterocycles. The largest absolute Gasteiger partial charge is 0.504 e. The van der Waals surface area contributed by atoms with Crippen LogP contribution in [0.2, 0.25) is 0 Å². The van der Waals surface area contributed by atoms with Crippen LogP contribution in [-0.4, -0.2) is 12.2 Å². The molecule has 0 unspecified atom stereocenters. The van der Waals surface area contributed by atoms with Crippen molar-refractivity contribution in [3.63, 3.8) is 0 Å². The van der Waals surface area contributed by atoms with Crippen LogP contribution in [0.25, 0.3) is 0 Å². The molecule has 0 saturated carbocycles. The number of nitrogens with two attached hydrogens (primary N) is 1. The molecule has 2 rings (SSSR count). The summed E-state index contributed by atoms with van der Waals surface area (Å²) in [5.41, 5.74) is 8.31. The van der Waals surface area contributed by atoms with Crippen LogP contribution in [0.4, 0.5) is 5.69 Å². The summed E-state index contributed by atoms with van der Waals surface area (Å²) >= 11 is 0. The summed E-state index contributed by atoms with van der Waals surface area (Å²) in [6, 6.07) is 13.1. The highest BCUT2D eigenvalue weighted by Gasteiger charge is 2.07. The molecular weight excluding hydrogens is 214 g/mol. The average molecular weight is 229 g/mol. The first kappa shape index (κ1) is 11.3. The molecule has 0 saturated heterocycles. The van der Waals surface area contributed by atoms with E-state index in [4.69, 9.17) is 10.5 Å². The van der Waals surface area contributed by atoms with E-state index in [9.17, 15) is 5.11 Å². The van der Waals surface area contributed by atoms with Gasteiger partial charge in [-0.05, 0) is 23.8 Å². The molecule has 0 bridgehead atoms. The smallest absolute Gasteiger partial charge is 0.161 e. The first-order chi connectivity index (χ1) is 8.20. The highest BCUT2D eigenvalue weighted by atomic mass is 16.5. The number of hydrogen-bond donors (Lipinski definition) is 2. The van der Waals surface area contributed by atoms with E-state index in [0.29, 0.717) is 12.2 Å². The number of benzene rings is 2. The number of ether oxygens (including phenoxy) is 1. The predicted octanol–water partition coefficient (Wildman–Crippen LogP) is 2.57. The zero-order valence-corrected chi connectivity index (χ0v) is 9.68. The minimum Gasteiger partial charge on any atom is -0.504 e. The standard InChI is InChI=1S/C14H15NO2/c1-17-13-4-2-3-11(14(13)16)9-10-5-7-12(15)8-6-10/h2-8,16H,9,15H2,1H3. The van der Waals surface area contributed by atoms with Crippen LogP contribution in [0.5, 0.6) is 11.5 Å². The Bertz CT molecular complexity index is 506. The topological polar surface area (TPSA) is 55.5 Å². The highest BCUT2D eigenvalue weighted by Crippen LogP contribution is 2.30. The second-order valence-electron chi connectivity index (χ2n) is 3.89. The molecule has 3 nitrogen and oxygen atoms in total. The Labute approximate surface area is 100 Å². The van der Waals surface area contributed by atoms with E-state index in [1.807, 2.05) is 36.4 Å². The fourth-order valence-electron chi connectivity index (χ4n) is 1.73. The van der Waals surface area contributed by atoms with Gasteiger partial charge in [-0.1, -0.05) is 24.3 Å². The van der Waals surface area contributed by atoms with Gasteiger partial charge in [0.15, 0.2) is 11.5 Å². The van der Waals surface area contributed by atoms with Crippen LogP contribution in [0.1, 0.15) is 11.1 Å². The molecule has 2 aromatic rings. The van der Waals surface area contributed by atoms with Crippen LogP contribution in [0.3, 0.4) is 0 Å². The van der Waals surface area contributed by atoms with E-state index < -0.39 is 0 Å². The van der Waals surface area contributed by atoms with Crippen molar-refractivity contribution in [2.75, 3.05) is 12.8 Å². The minimum absolute atomic E-state index is 0.201. The van der Waals surface area contributed by atoms with Crippen LogP contribution < -0.4 is 10.5 Å². The Balaban J connectivity index is 2.27. The third-order valence-electron chi connectivity index (χ3n) is 2.68. The summed E-state index contributed by atoms with van der Waals surface area (Å²) in [6.45, 7) is 0. The number of para-hydroxylation sites is 1. The van der Waals surface area contributed by atoms with E-state index in [1.165, 1.54) is 0 Å². The number of phenols is 1. The van der Waals surface area contributed by atoms with Crippen molar-refractivity contribution in [2.45, 2.75) is 6.42 Å². The molecule has 0 amide bonds. The number of anilines is 1. The molecule has 17 heavy (non-hydrogen) atoms. The van der Waals surface area contributed by atoms with Crippen LogP contribution in [-0.2, 0) is 6.42 Å². The molecule has 2 aromatic carbocycles. The zero-order chi connectivity index (χ0) is 12.3. The first-order valence-electron chi connectivity index (χ1n) is 5.40. The molecule has 0 fully saturated rings. The van der Waals surface area contributed by atoms with Crippen molar-refractivity contribution in [1.82, 2.24) is 0 Å². The second-order valence-corrected chi connectivity index (χ2v) is 3.89. The Morgan fingerprint density at radius 1 is 1.12 bits per heavy atom. The Kier molecular flexibility index (Phi) is 3.19. The van der Waals surface area contributed by atoms with Gasteiger partial charge in [0.05, 0.1) is 7.11 Å². The third kappa shape index (κ3) is 2.50. The van der Waals surface area contributed by atoms with E-state index in [1.54, 1.807) is 13.2 Å². The normalized spacial score (nSPS) is 10.2. The number of rotatable bonds is 3. The molecule has 0 atom stereocenters. The Morgan fingerprint density at radius 3 is 2.47 bits per heavy atom. The van der Waals surface area contributed by atoms with Crippen molar-refractivity contribution in [3.05, 3.63) is 53.6 Å². The monoisotopic (exact) mass is 229 g/mol. The van der Waals surface area contributed by atoms with Crippen LogP contribution in [0.15, 0.2) is 42.5 Å². The fourth-order valence-corrected chi connectivity index (χ4v) is 1.73. The van der Waals surface area contributed by atoms with Crippen molar-refractivity contribution in [2.24, 2.45) is 0 Å². The zero-order valence-electron chi connectivity index (χ0n) is 9.68. The fraction of sp³-hybridized carbons (Fsp3) is 0.143. The molecule has 0 spiro atoms. The van der Waals surface area contributed by atoms with Gasteiger partial charge in [-0.25, -0.2) is 0 Å². The van der Waals surface area contributed by atoms with Crippen molar-refractivity contribution < 1.29 is 9.84 Å². The molecule has 0 radical (unpaired) electrons. The van der Waals surface area contributed by atoms with Gasteiger partial charge in [0.25, 0.3) is 0 Å². The van der Waals surface area contributed by atoms with E-state index in [2.05, 4.69) is 0 Å². The molecule has 0 aliphatic carbocycles. The van der Waals surface area contributed by atoms with Gasteiger partial charge >= 0.3 is 0 Å². The molecular formula is C14H15NO2. The van der Waals surface area contributed by atoms with Crippen molar-refractivity contribution in [3.8, 4) is 11.5 Å². The summed E-state index contributed by atoms with van der Waals surface area (Å²) in [4.78, 5) is 0. The number of hydrogen-bond acceptors (Lipinski definition) is 3. The lowest BCUT2D eigenvalue weighted by Crippen LogP contribution is -1.92. The number of nitrogen functional groups attached to an aromatic ring is 1. The van der Waals surface area contributed by atoms with Gasteiger partial charge < -0.3 is 15.6 Å². The lowest BCUT2D eigenvalue weighted by Gasteiger charge is -2.08. The third-order valence-corrected chi connectivity index (χ3v) is 2.68.